The fourth-order valence-electron chi connectivity index (χ4n) is 2.23. The minimum absolute atomic E-state index is 0.161. The summed E-state index contributed by atoms with van der Waals surface area (Å²) in [6.45, 7) is 6.71. The zero-order valence-electron chi connectivity index (χ0n) is 13.0. The van der Waals surface area contributed by atoms with Crippen molar-refractivity contribution in [3.05, 3.63) is 24.3 Å². The zero-order chi connectivity index (χ0) is 15.1. The molecule has 0 aliphatic carbocycles. The lowest BCUT2D eigenvalue weighted by molar-refractivity contribution is -0.130. The summed E-state index contributed by atoms with van der Waals surface area (Å²) in [5, 5.41) is 3.18. The second kappa shape index (κ2) is 7.88. The Kier molecular flexibility index (Phi) is 5.87. The van der Waals surface area contributed by atoms with Crippen LogP contribution in [0.2, 0.25) is 0 Å². The van der Waals surface area contributed by atoms with Gasteiger partial charge in [-0.15, -0.1) is 0 Å². The minimum Gasteiger partial charge on any atom is -0.494 e. The molecule has 0 saturated carbocycles. The third-order valence-corrected chi connectivity index (χ3v) is 3.63. The largest absolute Gasteiger partial charge is 0.494 e. The Labute approximate surface area is 126 Å². The van der Waals surface area contributed by atoms with E-state index in [1.54, 1.807) is 0 Å². The number of benzene rings is 1. The molecular formula is C16H25N3O2. The number of hydrogen-bond acceptors (Lipinski definition) is 4. The van der Waals surface area contributed by atoms with E-state index in [1.807, 2.05) is 29.2 Å². The van der Waals surface area contributed by atoms with Crippen molar-refractivity contribution >= 4 is 11.6 Å². The standard InChI is InChI=1S/C16H25N3O2/c1-3-12-21-15-6-4-14(5-7-15)17-13-16(20)19-10-8-18(2)9-11-19/h4-7,17H,3,8-13H2,1-2H3. The van der Waals surface area contributed by atoms with Gasteiger partial charge in [0.15, 0.2) is 0 Å². The van der Waals surface area contributed by atoms with Crippen LogP contribution in [0.25, 0.3) is 0 Å². The summed E-state index contributed by atoms with van der Waals surface area (Å²) in [5.41, 5.74) is 0.946. The van der Waals surface area contributed by atoms with Gasteiger partial charge in [0, 0.05) is 31.9 Å². The number of carbonyl (C=O) groups is 1. The number of likely N-dealkylation sites (N-methyl/N-ethyl adjacent to an activating group) is 1. The molecule has 1 fully saturated rings. The first-order valence-corrected chi connectivity index (χ1v) is 7.62. The van der Waals surface area contributed by atoms with Gasteiger partial charge in [-0.1, -0.05) is 6.92 Å². The quantitative estimate of drug-likeness (QED) is 0.866. The number of piperazine rings is 1. The molecule has 1 aliphatic heterocycles. The van der Waals surface area contributed by atoms with Crippen molar-refractivity contribution < 1.29 is 9.53 Å². The normalized spacial score (nSPS) is 15.8. The smallest absolute Gasteiger partial charge is 0.241 e. The molecule has 0 bridgehead atoms. The molecular weight excluding hydrogens is 266 g/mol. The fraction of sp³-hybridized carbons (Fsp3) is 0.562. The van der Waals surface area contributed by atoms with E-state index in [-0.39, 0.29) is 5.91 Å². The Morgan fingerprint density at radius 2 is 1.86 bits per heavy atom. The molecule has 1 heterocycles. The van der Waals surface area contributed by atoms with E-state index in [9.17, 15) is 4.79 Å². The first-order valence-electron chi connectivity index (χ1n) is 7.62. The van der Waals surface area contributed by atoms with Crippen molar-refractivity contribution in [3.8, 4) is 5.75 Å². The first-order chi connectivity index (χ1) is 10.2. The number of ether oxygens (including phenoxy) is 1. The van der Waals surface area contributed by atoms with Crippen molar-refractivity contribution in [3.63, 3.8) is 0 Å². The van der Waals surface area contributed by atoms with E-state index < -0.39 is 0 Å². The van der Waals surface area contributed by atoms with Crippen LogP contribution >= 0.6 is 0 Å². The monoisotopic (exact) mass is 291 g/mol. The molecule has 1 amide bonds. The summed E-state index contributed by atoms with van der Waals surface area (Å²) in [6.07, 6.45) is 1.000. The van der Waals surface area contributed by atoms with Crippen molar-refractivity contribution in [2.45, 2.75) is 13.3 Å². The van der Waals surface area contributed by atoms with Crippen LogP contribution in [0.1, 0.15) is 13.3 Å². The Bertz CT molecular complexity index is 439. The Hall–Kier alpha value is -1.75. The molecule has 0 radical (unpaired) electrons. The molecule has 5 heteroatoms. The summed E-state index contributed by atoms with van der Waals surface area (Å²) in [4.78, 5) is 16.3. The fourth-order valence-corrected chi connectivity index (χ4v) is 2.23. The van der Waals surface area contributed by atoms with Gasteiger partial charge in [0.05, 0.1) is 13.2 Å². The molecule has 1 aliphatic rings. The second-order valence-corrected chi connectivity index (χ2v) is 5.41. The van der Waals surface area contributed by atoms with Crippen LogP contribution in [0.3, 0.4) is 0 Å². The molecule has 2 rings (SSSR count). The summed E-state index contributed by atoms with van der Waals surface area (Å²) >= 11 is 0. The van der Waals surface area contributed by atoms with Crippen LogP contribution in [0.5, 0.6) is 5.75 Å². The van der Waals surface area contributed by atoms with E-state index in [4.69, 9.17) is 4.74 Å². The van der Waals surface area contributed by atoms with Crippen LogP contribution in [-0.4, -0.2) is 62.1 Å². The average molecular weight is 291 g/mol. The molecule has 1 aromatic carbocycles. The van der Waals surface area contributed by atoms with Crippen LogP contribution in [0.4, 0.5) is 5.69 Å². The Morgan fingerprint density at radius 1 is 1.19 bits per heavy atom. The zero-order valence-corrected chi connectivity index (χ0v) is 13.0. The molecule has 1 saturated heterocycles. The summed E-state index contributed by atoms with van der Waals surface area (Å²) in [5.74, 6) is 1.03. The molecule has 1 aromatic rings. The van der Waals surface area contributed by atoms with Gasteiger partial charge in [-0.25, -0.2) is 0 Å². The van der Waals surface area contributed by atoms with Crippen LogP contribution < -0.4 is 10.1 Å². The highest BCUT2D eigenvalue weighted by Gasteiger charge is 2.18. The number of amides is 1. The SMILES string of the molecule is CCCOc1ccc(NCC(=O)N2CCN(C)CC2)cc1. The topological polar surface area (TPSA) is 44.8 Å². The number of rotatable bonds is 6. The van der Waals surface area contributed by atoms with Crippen LogP contribution in [-0.2, 0) is 4.79 Å². The van der Waals surface area contributed by atoms with Crippen LogP contribution in [0, 0.1) is 0 Å². The lowest BCUT2D eigenvalue weighted by Gasteiger charge is -2.32. The maximum Gasteiger partial charge on any atom is 0.241 e. The number of carbonyl (C=O) groups excluding carboxylic acids is 1. The number of hydrogen-bond donors (Lipinski definition) is 1. The van der Waals surface area contributed by atoms with E-state index in [2.05, 4.69) is 24.2 Å². The predicted octanol–water partition coefficient (Wildman–Crippen LogP) is 1.66. The summed E-state index contributed by atoms with van der Waals surface area (Å²) in [6, 6.07) is 7.75. The molecule has 0 aromatic heterocycles. The lowest BCUT2D eigenvalue weighted by Crippen LogP contribution is -2.48. The Morgan fingerprint density at radius 3 is 2.48 bits per heavy atom. The minimum atomic E-state index is 0.161. The summed E-state index contributed by atoms with van der Waals surface area (Å²) in [7, 11) is 2.09. The molecule has 0 atom stereocenters. The first kappa shape index (κ1) is 15.6. The van der Waals surface area contributed by atoms with Crippen molar-refractivity contribution in [2.75, 3.05) is 51.7 Å². The highest BCUT2D eigenvalue weighted by Crippen LogP contribution is 2.15. The van der Waals surface area contributed by atoms with E-state index in [0.717, 1.165) is 50.6 Å². The van der Waals surface area contributed by atoms with E-state index >= 15 is 0 Å². The molecule has 5 nitrogen and oxygen atoms in total. The average Bonchev–Trinajstić information content (AvgIpc) is 2.52. The van der Waals surface area contributed by atoms with Crippen LogP contribution in [0.15, 0.2) is 24.3 Å². The lowest BCUT2D eigenvalue weighted by atomic mass is 10.3. The molecule has 1 N–H and O–H groups in total. The van der Waals surface area contributed by atoms with Gasteiger partial charge in [-0.05, 0) is 37.7 Å². The third kappa shape index (κ3) is 4.93. The van der Waals surface area contributed by atoms with Gasteiger partial charge in [-0.2, -0.15) is 0 Å². The van der Waals surface area contributed by atoms with Gasteiger partial charge in [0.1, 0.15) is 5.75 Å². The maximum absolute atomic E-state index is 12.1. The number of anilines is 1. The highest BCUT2D eigenvalue weighted by atomic mass is 16.5. The number of nitrogens with zero attached hydrogens (tertiary/aromatic N) is 2. The third-order valence-electron chi connectivity index (χ3n) is 3.63. The van der Waals surface area contributed by atoms with Gasteiger partial charge < -0.3 is 19.9 Å². The maximum atomic E-state index is 12.1. The second-order valence-electron chi connectivity index (χ2n) is 5.41. The molecule has 21 heavy (non-hydrogen) atoms. The predicted molar refractivity (Wildman–Crippen MR) is 84.8 cm³/mol. The van der Waals surface area contributed by atoms with Gasteiger partial charge in [-0.3, -0.25) is 4.79 Å². The number of nitrogens with one attached hydrogen (secondary N) is 1. The van der Waals surface area contributed by atoms with Gasteiger partial charge >= 0.3 is 0 Å². The molecule has 116 valence electrons. The van der Waals surface area contributed by atoms with Crippen molar-refractivity contribution in [1.82, 2.24) is 9.80 Å². The van der Waals surface area contributed by atoms with E-state index in [1.165, 1.54) is 0 Å². The molecule has 0 spiro atoms. The van der Waals surface area contributed by atoms with Gasteiger partial charge in [0.25, 0.3) is 0 Å². The van der Waals surface area contributed by atoms with Crippen molar-refractivity contribution in [2.24, 2.45) is 0 Å². The van der Waals surface area contributed by atoms with E-state index in [0.29, 0.717) is 6.54 Å². The molecule has 0 unspecified atom stereocenters. The summed E-state index contributed by atoms with van der Waals surface area (Å²) < 4.78 is 5.53. The van der Waals surface area contributed by atoms with Crippen molar-refractivity contribution in [1.29, 1.82) is 0 Å². The van der Waals surface area contributed by atoms with Gasteiger partial charge in [0.2, 0.25) is 5.91 Å². The Balaban J connectivity index is 1.75. The highest BCUT2D eigenvalue weighted by molar-refractivity contribution is 5.81.